The van der Waals surface area contributed by atoms with Gasteiger partial charge in [0.15, 0.2) is 5.16 Å². The predicted molar refractivity (Wildman–Crippen MR) is 133 cm³/mol. The SMILES string of the molecule is COCCNC(=O)c1ccc2c(=O)n(-c3cccc(F)c3)c(SCc3ccc(Cl)cc3)nc2c1. The molecule has 9 heteroatoms. The van der Waals surface area contributed by atoms with E-state index in [1.165, 1.54) is 28.5 Å². The Balaban J connectivity index is 1.77. The van der Waals surface area contributed by atoms with Gasteiger partial charge in [-0.15, -0.1) is 0 Å². The Hall–Kier alpha value is -3.20. The molecule has 1 N–H and O–H groups in total. The number of benzene rings is 3. The number of aromatic nitrogens is 2. The number of methoxy groups -OCH3 is 1. The van der Waals surface area contributed by atoms with Crippen molar-refractivity contribution in [2.45, 2.75) is 10.9 Å². The third-order valence-electron chi connectivity index (χ3n) is 5.04. The van der Waals surface area contributed by atoms with Crippen LogP contribution in [0.3, 0.4) is 0 Å². The first kappa shape index (κ1) is 23.9. The minimum Gasteiger partial charge on any atom is -0.383 e. The van der Waals surface area contributed by atoms with Crippen molar-refractivity contribution in [3.8, 4) is 5.69 Å². The summed E-state index contributed by atoms with van der Waals surface area (Å²) in [7, 11) is 1.55. The molecule has 34 heavy (non-hydrogen) atoms. The molecule has 0 saturated heterocycles. The Morgan fingerprint density at radius 2 is 1.94 bits per heavy atom. The number of thioether (sulfide) groups is 1. The molecule has 1 heterocycles. The maximum atomic E-state index is 14.0. The number of nitrogens with zero attached hydrogens (tertiary/aromatic N) is 2. The van der Waals surface area contributed by atoms with Crippen molar-refractivity contribution in [1.29, 1.82) is 0 Å². The molecule has 3 aromatic carbocycles. The van der Waals surface area contributed by atoms with E-state index in [0.29, 0.717) is 51.2 Å². The fourth-order valence-corrected chi connectivity index (χ4v) is 4.44. The van der Waals surface area contributed by atoms with Crippen molar-refractivity contribution < 1.29 is 13.9 Å². The van der Waals surface area contributed by atoms with E-state index in [0.717, 1.165) is 5.56 Å². The van der Waals surface area contributed by atoms with Gasteiger partial charge in [-0.05, 0) is 54.1 Å². The van der Waals surface area contributed by atoms with Gasteiger partial charge in [-0.1, -0.05) is 41.6 Å². The number of halogens is 2. The van der Waals surface area contributed by atoms with Gasteiger partial charge in [0, 0.05) is 30.0 Å². The second-order valence-corrected chi connectivity index (χ2v) is 8.79. The number of hydrogen-bond donors (Lipinski definition) is 1. The summed E-state index contributed by atoms with van der Waals surface area (Å²) in [5.74, 6) is -0.228. The number of nitrogens with one attached hydrogen (secondary N) is 1. The van der Waals surface area contributed by atoms with Crippen LogP contribution in [-0.4, -0.2) is 35.7 Å². The monoisotopic (exact) mass is 497 g/mol. The maximum Gasteiger partial charge on any atom is 0.266 e. The summed E-state index contributed by atoms with van der Waals surface area (Å²) >= 11 is 7.31. The number of ether oxygens (including phenoxy) is 1. The average molecular weight is 498 g/mol. The van der Waals surface area contributed by atoms with Crippen LogP contribution in [0, 0.1) is 5.82 Å². The van der Waals surface area contributed by atoms with Crippen LogP contribution in [-0.2, 0) is 10.5 Å². The molecule has 0 bridgehead atoms. The van der Waals surface area contributed by atoms with Crippen LogP contribution in [0.2, 0.25) is 5.02 Å². The second-order valence-electron chi connectivity index (χ2n) is 7.41. The van der Waals surface area contributed by atoms with Crippen LogP contribution in [0.4, 0.5) is 4.39 Å². The first-order valence-corrected chi connectivity index (χ1v) is 11.8. The quantitative estimate of drug-likeness (QED) is 0.214. The summed E-state index contributed by atoms with van der Waals surface area (Å²) < 4.78 is 20.3. The van der Waals surface area contributed by atoms with E-state index >= 15 is 0 Å². The summed E-state index contributed by atoms with van der Waals surface area (Å²) in [5, 5.41) is 4.10. The van der Waals surface area contributed by atoms with E-state index in [1.807, 2.05) is 12.1 Å². The van der Waals surface area contributed by atoms with E-state index in [-0.39, 0.29) is 11.5 Å². The molecule has 0 unspecified atom stereocenters. The molecule has 1 aromatic heterocycles. The topological polar surface area (TPSA) is 73.2 Å². The zero-order chi connectivity index (χ0) is 24.1. The smallest absolute Gasteiger partial charge is 0.266 e. The van der Waals surface area contributed by atoms with Gasteiger partial charge in [-0.3, -0.25) is 14.2 Å². The highest BCUT2D eigenvalue weighted by Crippen LogP contribution is 2.26. The minimum absolute atomic E-state index is 0.287. The van der Waals surface area contributed by atoms with Gasteiger partial charge < -0.3 is 10.1 Å². The van der Waals surface area contributed by atoms with E-state index in [2.05, 4.69) is 10.3 Å². The van der Waals surface area contributed by atoms with E-state index < -0.39 is 5.82 Å². The summed E-state index contributed by atoms with van der Waals surface area (Å²) in [4.78, 5) is 30.6. The molecule has 0 atom stereocenters. The van der Waals surface area contributed by atoms with Crippen LogP contribution in [0.25, 0.3) is 16.6 Å². The predicted octanol–water partition coefficient (Wildman–Crippen LogP) is 4.85. The van der Waals surface area contributed by atoms with Crippen LogP contribution in [0.15, 0.2) is 76.7 Å². The Kier molecular flexibility index (Phi) is 7.62. The number of rotatable bonds is 8. The minimum atomic E-state index is -0.457. The van der Waals surface area contributed by atoms with E-state index in [4.69, 9.17) is 16.3 Å². The summed E-state index contributed by atoms with van der Waals surface area (Å²) in [6, 6.07) is 17.9. The Bertz CT molecular complexity index is 1390. The molecule has 0 fully saturated rings. The fourth-order valence-electron chi connectivity index (χ4n) is 3.34. The largest absolute Gasteiger partial charge is 0.383 e. The van der Waals surface area contributed by atoms with Gasteiger partial charge in [0.25, 0.3) is 11.5 Å². The Morgan fingerprint density at radius 1 is 1.15 bits per heavy atom. The van der Waals surface area contributed by atoms with Crippen molar-refractivity contribution >= 4 is 40.2 Å². The summed E-state index contributed by atoms with van der Waals surface area (Å²) in [6.07, 6.45) is 0. The molecule has 1 amide bonds. The van der Waals surface area contributed by atoms with Gasteiger partial charge in [0.1, 0.15) is 5.82 Å². The van der Waals surface area contributed by atoms with E-state index in [9.17, 15) is 14.0 Å². The second kappa shape index (κ2) is 10.8. The van der Waals surface area contributed by atoms with Crippen molar-refractivity contribution in [2.75, 3.05) is 20.3 Å². The molecular weight excluding hydrogens is 477 g/mol. The number of amides is 1. The third kappa shape index (κ3) is 5.47. The molecule has 174 valence electrons. The molecule has 4 aromatic rings. The molecule has 4 rings (SSSR count). The van der Waals surface area contributed by atoms with Gasteiger partial charge in [0.05, 0.1) is 23.2 Å². The van der Waals surface area contributed by atoms with Crippen molar-refractivity contribution in [2.24, 2.45) is 0 Å². The lowest BCUT2D eigenvalue weighted by Crippen LogP contribution is -2.27. The number of carbonyl (C=O) groups is 1. The summed E-state index contributed by atoms with van der Waals surface area (Å²) in [5.41, 5.74) is 1.78. The van der Waals surface area contributed by atoms with Crippen LogP contribution in [0.5, 0.6) is 0 Å². The average Bonchev–Trinajstić information content (AvgIpc) is 2.83. The Morgan fingerprint density at radius 3 is 2.68 bits per heavy atom. The van der Waals surface area contributed by atoms with Gasteiger partial charge in [-0.2, -0.15) is 0 Å². The highest BCUT2D eigenvalue weighted by molar-refractivity contribution is 7.98. The van der Waals surface area contributed by atoms with Crippen molar-refractivity contribution in [1.82, 2.24) is 14.9 Å². The Labute approximate surface area is 204 Å². The first-order valence-electron chi connectivity index (χ1n) is 10.4. The molecule has 0 spiro atoms. The van der Waals surface area contributed by atoms with Crippen LogP contribution < -0.4 is 10.9 Å². The number of fused-ring (bicyclic) bond motifs is 1. The first-order chi connectivity index (χ1) is 16.5. The zero-order valence-electron chi connectivity index (χ0n) is 18.3. The van der Waals surface area contributed by atoms with Crippen molar-refractivity contribution in [3.63, 3.8) is 0 Å². The lowest BCUT2D eigenvalue weighted by atomic mass is 10.1. The molecule has 0 saturated carbocycles. The molecular formula is C25H21ClFN3O3S. The van der Waals surface area contributed by atoms with Gasteiger partial charge >= 0.3 is 0 Å². The molecule has 0 aliphatic carbocycles. The highest BCUT2D eigenvalue weighted by Gasteiger charge is 2.16. The standard InChI is InChI=1S/C25H21ClFN3O3S/c1-33-12-11-28-23(31)17-7-10-21-22(13-17)29-25(34-15-16-5-8-18(26)9-6-16)30(24(21)32)20-4-2-3-19(27)14-20/h2-10,13-14H,11-12,15H2,1H3,(H,28,31). The zero-order valence-corrected chi connectivity index (χ0v) is 19.8. The highest BCUT2D eigenvalue weighted by atomic mass is 35.5. The lowest BCUT2D eigenvalue weighted by Gasteiger charge is -2.14. The maximum absolute atomic E-state index is 14.0. The molecule has 0 aliphatic rings. The lowest BCUT2D eigenvalue weighted by molar-refractivity contribution is 0.0937. The molecule has 0 aliphatic heterocycles. The molecule has 6 nitrogen and oxygen atoms in total. The number of carbonyl (C=O) groups excluding carboxylic acids is 1. The van der Waals surface area contributed by atoms with Crippen LogP contribution in [0.1, 0.15) is 15.9 Å². The van der Waals surface area contributed by atoms with Gasteiger partial charge in [-0.25, -0.2) is 9.37 Å². The van der Waals surface area contributed by atoms with E-state index in [1.54, 1.807) is 49.6 Å². The fraction of sp³-hybridized carbons (Fsp3) is 0.160. The molecule has 0 radical (unpaired) electrons. The van der Waals surface area contributed by atoms with Crippen LogP contribution >= 0.6 is 23.4 Å². The third-order valence-corrected chi connectivity index (χ3v) is 6.30. The normalized spacial score (nSPS) is 11.0. The number of hydrogen-bond acceptors (Lipinski definition) is 5. The summed E-state index contributed by atoms with van der Waals surface area (Å²) in [6.45, 7) is 0.756. The van der Waals surface area contributed by atoms with Crippen molar-refractivity contribution in [3.05, 3.63) is 99.1 Å². The van der Waals surface area contributed by atoms with Gasteiger partial charge in [0.2, 0.25) is 0 Å².